The summed E-state index contributed by atoms with van der Waals surface area (Å²) in [5.74, 6) is 0.199. The molecule has 1 fully saturated rings. The lowest BCUT2D eigenvalue weighted by Crippen LogP contribution is -2.47. The van der Waals surface area contributed by atoms with E-state index >= 15 is 0 Å². The van der Waals surface area contributed by atoms with Gasteiger partial charge in [-0.05, 0) is 36.8 Å². The summed E-state index contributed by atoms with van der Waals surface area (Å²) in [6.45, 7) is 5.28. The van der Waals surface area contributed by atoms with Crippen LogP contribution in [0.5, 0.6) is 0 Å². The van der Waals surface area contributed by atoms with E-state index in [2.05, 4.69) is 38.1 Å². The molecule has 0 N–H and O–H groups in total. The number of fused-ring (bicyclic) bond motifs is 1. The van der Waals surface area contributed by atoms with Crippen LogP contribution in [0.4, 0.5) is 14.6 Å². The minimum Gasteiger partial charge on any atom is -0.353 e. The summed E-state index contributed by atoms with van der Waals surface area (Å²) in [4.78, 5) is 4.44. The Bertz CT molecular complexity index is 1000. The van der Waals surface area contributed by atoms with Crippen LogP contribution in [-0.4, -0.2) is 50.9 Å². The Labute approximate surface area is 160 Å². The number of hydrogen-bond acceptors (Lipinski definition) is 6. The average Bonchev–Trinajstić information content (AvgIpc) is 3.17. The lowest BCUT2D eigenvalue weighted by atomic mass is 10.0. The molecule has 4 rings (SSSR count). The van der Waals surface area contributed by atoms with E-state index in [0.29, 0.717) is 17.0 Å². The molecule has 144 valence electrons. The van der Waals surface area contributed by atoms with Gasteiger partial charge in [-0.1, -0.05) is 12.1 Å². The summed E-state index contributed by atoms with van der Waals surface area (Å²) >= 11 is 0. The van der Waals surface area contributed by atoms with E-state index in [0.717, 1.165) is 36.3 Å². The third-order valence-corrected chi connectivity index (χ3v) is 5.18. The van der Waals surface area contributed by atoms with Gasteiger partial charge in [-0.25, -0.2) is 8.78 Å². The zero-order valence-corrected chi connectivity index (χ0v) is 15.3. The molecular weight excluding hydrogens is 364 g/mol. The molecule has 0 radical (unpaired) electrons. The molecule has 1 aliphatic rings. The molecular formula is C19H19F2N7. The predicted octanol–water partition coefficient (Wildman–Crippen LogP) is 2.82. The number of alkyl halides is 2. The molecule has 0 bridgehead atoms. The average molecular weight is 383 g/mol. The predicted molar refractivity (Wildman–Crippen MR) is 99.1 cm³/mol. The first-order chi connectivity index (χ1) is 13.6. The number of piperazine rings is 1. The minimum atomic E-state index is -2.72. The molecule has 0 saturated carbocycles. The maximum atomic E-state index is 13.1. The third kappa shape index (κ3) is 3.39. The van der Waals surface area contributed by atoms with Crippen LogP contribution in [0.15, 0.2) is 36.4 Å². The minimum absolute atomic E-state index is 0.230. The smallest absolute Gasteiger partial charge is 0.299 e. The number of nitrogens with zero attached hydrogens (tertiary/aromatic N) is 7. The topological polar surface area (TPSA) is 73.4 Å². The monoisotopic (exact) mass is 383 g/mol. The Kier molecular flexibility index (Phi) is 4.88. The van der Waals surface area contributed by atoms with E-state index in [9.17, 15) is 8.78 Å². The number of hydrogen-bond donors (Lipinski definition) is 0. The zero-order valence-electron chi connectivity index (χ0n) is 15.3. The molecule has 0 spiro atoms. The van der Waals surface area contributed by atoms with Crippen LogP contribution in [-0.2, 0) is 0 Å². The third-order valence-electron chi connectivity index (χ3n) is 5.18. The van der Waals surface area contributed by atoms with Crippen LogP contribution in [0.1, 0.15) is 36.3 Å². The van der Waals surface area contributed by atoms with Gasteiger partial charge in [-0.3, -0.25) is 4.90 Å². The Hall–Kier alpha value is -3.12. The zero-order chi connectivity index (χ0) is 19.7. The van der Waals surface area contributed by atoms with Gasteiger partial charge in [0.05, 0.1) is 11.6 Å². The summed E-state index contributed by atoms with van der Waals surface area (Å²) in [6.07, 6.45) is -2.72. The highest BCUT2D eigenvalue weighted by molar-refractivity contribution is 5.46. The molecule has 7 nitrogen and oxygen atoms in total. The highest BCUT2D eigenvalue weighted by Crippen LogP contribution is 2.24. The first-order valence-corrected chi connectivity index (χ1v) is 9.06. The molecule has 0 unspecified atom stereocenters. The molecule has 1 aliphatic heterocycles. The highest BCUT2D eigenvalue weighted by atomic mass is 19.3. The fourth-order valence-corrected chi connectivity index (χ4v) is 3.49. The summed E-state index contributed by atoms with van der Waals surface area (Å²) < 4.78 is 27.2. The summed E-state index contributed by atoms with van der Waals surface area (Å²) in [5, 5.41) is 20.5. The van der Waals surface area contributed by atoms with Gasteiger partial charge >= 0.3 is 0 Å². The Morgan fingerprint density at radius 3 is 2.36 bits per heavy atom. The van der Waals surface area contributed by atoms with Crippen molar-refractivity contribution in [2.24, 2.45) is 0 Å². The standard InChI is InChI=1S/C19H19F2N7/c1-13(15-4-2-14(12-22)3-5-15)26-8-10-27(11-9-26)17-7-6-16-23-24-19(18(20)21)28(16)25-17/h2-7,13,18H,8-11H2,1H3/t13-/m1/s1. The molecule has 1 saturated heterocycles. The van der Waals surface area contributed by atoms with Crippen molar-refractivity contribution in [3.8, 4) is 6.07 Å². The van der Waals surface area contributed by atoms with E-state index in [4.69, 9.17) is 5.26 Å². The van der Waals surface area contributed by atoms with Crippen LogP contribution in [0.25, 0.3) is 5.65 Å². The maximum Gasteiger partial charge on any atom is 0.299 e. The fraction of sp³-hybridized carbons (Fsp3) is 0.368. The van der Waals surface area contributed by atoms with Crippen molar-refractivity contribution in [2.75, 3.05) is 31.1 Å². The van der Waals surface area contributed by atoms with Gasteiger partial charge in [0.15, 0.2) is 5.65 Å². The van der Waals surface area contributed by atoms with Crippen molar-refractivity contribution < 1.29 is 8.78 Å². The second-order valence-electron chi connectivity index (χ2n) is 6.75. The number of aromatic nitrogens is 4. The van der Waals surface area contributed by atoms with Gasteiger partial charge in [0.25, 0.3) is 6.43 Å². The van der Waals surface area contributed by atoms with Gasteiger partial charge in [-0.15, -0.1) is 15.3 Å². The highest BCUT2D eigenvalue weighted by Gasteiger charge is 2.24. The lowest BCUT2D eigenvalue weighted by Gasteiger charge is -2.38. The number of nitriles is 1. The maximum absolute atomic E-state index is 13.1. The molecule has 3 heterocycles. The Morgan fingerprint density at radius 1 is 1.00 bits per heavy atom. The second-order valence-corrected chi connectivity index (χ2v) is 6.75. The number of anilines is 1. The van der Waals surface area contributed by atoms with Crippen molar-refractivity contribution in [3.63, 3.8) is 0 Å². The van der Waals surface area contributed by atoms with E-state index in [-0.39, 0.29) is 6.04 Å². The molecule has 9 heteroatoms. The SMILES string of the molecule is C[C@H](c1ccc(C#N)cc1)N1CCN(c2ccc3nnc(C(F)F)n3n2)CC1. The van der Waals surface area contributed by atoms with E-state index in [1.54, 1.807) is 12.1 Å². The number of rotatable bonds is 4. The lowest BCUT2D eigenvalue weighted by molar-refractivity contribution is 0.137. The molecule has 1 atom stereocenters. The van der Waals surface area contributed by atoms with Crippen LogP contribution in [0.3, 0.4) is 0 Å². The van der Waals surface area contributed by atoms with Gasteiger partial charge in [0.2, 0.25) is 5.82 Å². The van der Waals surface area contributed by atoms with Gasteiger partial charge < -0.3 is 4.90 Å². The fourth-order valence-electron chi connectivity index (χ4n) is 3.49. The second kappa shape index (κ2) is 7.48. The van der Waals surface area contributed by atoms with Gasteiger partial charge in [0.1, 0.15) is 5.82 Å². The van der Waals surface area contributed by atoms with Crippen LogP contribution < -0.4 is 4.90 Å². The van der Waals surface area contributed by atoms with Crippen LogP contribution in [0.2, 0.25) is 0 Å². The first kappa shape index (κ1) is 18.3. The molecule has 1 aromatic carbocycles. The normalized spacial score (nSPS) is 16.5. The van der Waals surface area contributed by atoms with E-state index < -0.39 is 12.2 Å². The van der Waals surface area contributed by atoms with Crippen LogP contribution >= 0.6 is 0 Å². The molecule has 0 aliphatic carbocycles. The number of halogens is 2. The summed E-state index contributed by atoms with van der Waals surface area (Å²) in [7, 11) is 0. The quantitative estimate of drug-likeness (QED) is 0.690. The first-order valence-electron chi connectivity index (χ1n) is 9.06. The molecule has 2 aromatic heterocycles. The summed E-state index contributed by atoms with van der Waals surface area (Å²) in [6, 6.07) is 13.5. The van der Waals surface area contributed by atoms with Gasteiger partial charge in [-0.2, -0.15) is 9.78 Å². The molecule has 0 amide bonds. The molecule has 28 heavy (non-hydrogen) atoms. The van der Waals surface area contributed by atoms with Gasteiger partial charge in [0, 0.05) is 32.2 Å². The molecule has 3 aromatic rings. The van der Waals surface area contributed by atoms with Crippen molar-refractivity contribution in [3.05, 3.63) is 53.3 Å². The van der Waals surface area contributed by atoms with Crippen molar-refractivity contribution in [2.45, 2.75) is 19.4 Å². The summed E-state index contributed by atoms with van der Waals surface area (Å²) in [5.41, 5.74) is 2.13. The van der Waals surface area contributed by atoms with Crippen molar-refractivity contribution >= 4 is 11.5 Å². The van der Waals surface area contributed by atoms with Crippen molar-refractivity contribution in [1.29, 1.82) is 5.26 Å². The van der Waals surface area contributed by atoms with E-state index in [1.165, 1.54) is 0 Å². The van der Waals surface area contributed by atoms with Crippen LogP contribution in [0, 0.1) is 11.3 Å². The van der Waals surface area contributed by atoms with E-state index in [1.807, 2.05) is 24.3 Å². The Balaban J connectivity index is 1.45. The van der Waals surface area contributed by atoms with Crippen molar-refractivity contribution in [1.82, 2.24) is 24.7 Å². The Morgan fingerprint density at radius 2 is 1.71 bits per heavy atom. The number of benzene rings is 1. The largest absolute Gasteiger partial charge is 0.353 e.